The molecule has 0 bridgehead atoms. The highest BCUT2D eigenvalue weighted by molar-refractivity contribution is 5.68. The molecule has 0 aliphatic rings. The molecule has 0 spiro atoms. The zero-order chi connectivity index (χ0) is 15.6. The highest BCUT2D eigenvalue weighted by atomic mass is 17.2. The van der Waals surface area contributed by atoms with Gasteiger partial charge >= 0.3 is 5.97 Å². The molecule has 0 fully saturated rings. The molecule has 20 heavy (non-hydrogen) atoms. The Kier molecular flexibility index (Phi) is 9.11. The van der Waals surface area contributed by atoms with Gasteiger partial charge in [0.05, 0.1) is 0 Å². The monoisotopic (exact) mass is 286 g/mol. The van der Waals surface area contributed by atoms with Crippen molar-refractivity contribution in [1.29, 1.82) is 0 Å². The lowest BCUT2D eigenvalue weighted by molar-refractivity contribution is -0.320. The molecule has 0 heterocycles. The van der Waals surface area contributed by atoms with Gasteiger partial charge in [-0.3, -0.25) is 4.89 Å². The largest absolute Gasteiger partial charge is 0.342 e. The first-order valence-electron chi connectivity index (χ1n) is 7.99. The fraction of sp³-hybridized carbons (Fsp3) is 0.941. The summed E-state index contributed by atoms with van der Waals surface area (Å²) in [6, 6.07) is 0. The third kappa shape index (κ3) is 15.5. The number of rotatable bonds is 9. The standard InChI is InChI=1S/C17H34O3/c1-16(2,3)14-12-10-8-7-9-11-13-15(18)19-20-17(4,5)6/h7-14H2,1-6H3. The van der Waals surface area contributed by atoms with Crippen LogP contribution < -0.4 is 0 Å². The van der Waals surface area contributed by atoms with Gasteiger partial charge in [-0.25, -0.2) is 4.79 Å². The Balaban J connectivity index is 3.34. The Morgan fingerprint density at radius 2 is 1.30 bits per heavy atom. The van der Waals surface area contributed by atoms with Crippen LogP contribution in [0.15, 0.2) is 0 Å². The van der Waals surface area contributed by atoms with Crippen molar-refractivity contribution in [3.05, 3.63) is 0 Å². The fourth-order valence-corrected chi connectivity index (χ4v) is 1.84. The van der Waals surface area contributed by atoms with Gasteiger partial charge in [0.25, 0.3) is 0 Å². The number of carbonyl (C=O) groups is 1. The van der Waals surface area contributed by atoms with Crippen LogP contribution in [0, 0.1) is 5.41 Å². The minimum atomic E-state index is -0.428. The van der Waals surface area contributed by atoms with E-state index in [1.807, 2.05) is 20.8 Å². The van der Waals surface area contributed by atoms with E-state index < -0.39 is 5.60 Å². The van der Waals surface area contributed by atoms with Crippen molar-refractivity contribution in [3.63, 3.8) is 0 Å². The fourth-order valence-electron chi connectivity index (χ4n) is 1.84. The molecule has 3 heteroatoms. The lowest BCUT2D eigenvalue weighted by atomic mass is 9.89. The lowest BCUT2D eigenvalue weighted by Gasteiger charge is -2.17. The van der Waals surface area contributed by atoms with Crippen molar-refractivity contribution in [1.82, 2.24) is 0 Å². The summed E-state index contributed by atoms with van der Waals surface area (Å²) in [4.78, 5) is 21.1. The molecule has 0 rings (SSSR count). The van der Waals surface area contributed by atoms with Gasteiger partial charge in [0.2, 0.25) is 0 Å². The summed E-state index contributed by atoms with van der Waals surface area (Å²) in [5, 5.41) is 0. The van der Waals surface area contributed by atoms with Crippen molar-refractivity contribution < 1.29 is 14.6 Å². The Bertz CT molecular complexity index is 258. The average molecular weight is 286 g/mol. The van der Waals surface area contributed by atoms with E-state index in [4.69, 9.17) is 9.78 Å². The van der Waals surface area contributed by atoms with E-state index in [1.54, 1.807) is 0 Å². The van der Waals surface area contributed by atoms with Gasteiger partial charge in [-0.05, 0) is 39.0 Å². The van der Waals surface area contributed by atoms with Crippen LogP contribution >= 0.6 is 0 Å². The molecule has 0 aromatic rings. The Labute approximate surface area is 125 Å². The average Bonchev–Trinajstić information content (AvgIpc) is 2.27. The Hall–Kier alpha value is -0.570. The first-order chi connectivity index (χ1) is 9.10. The van der Waals surface area contributed by atoms with Crippen LogP contribution in [0.5, 0.6) is 0 Å². The molecule has 0 N–H and O–H groups in total. The Morgan fingerprint density at radius 3 is 1.80 bits per heavy atom. The smallest absolute Gasteiger partial charge is 0.298 e. The van der Waals surface area contributed by atoms with Crippen LogP contribution in [0.3, 0.4) is 0 Å². The molecule has 0 aliphatic heterocycles. The molecule has 0 unspecified atom stereocenters. The van der Waals surface area contributed by atoms with Gasteiger partial charge in [-0.1, -0.05) is 52.9 Å². The predicted octanol–water partition coefficient (Wildman–Crippen LogP) is 5.43. The first-order valence-corrected chi connectivity index (χ1v) is 7.99. The first kappa shape index (κ1) is 19.4. The second-order valence-corrected chi connectivity index (χ2v) is 7.83. The van der Waals surface area contributed by atoms with Crippen molar-refractivity contribution in [2.45, 2.75) is 98.5 Å². The third-order valence-electron chi connectivity index (χ3n) is 2.94. The zero-order valence-electron chi connectivity index (χ0n) is 14.4. The molecule has 0 radical (unpaired) electrons. The van der Waals surface area contributed by atoms with Gasteiger partial charge < -0.3 is 0 Å². The molecular formula is C17H34O3. The molecule has 0 aromatic heterocycles. The molecule has 0 atom stereocenters. The van der Waals surface area contributed by atoms with Gasteiger partial charge in [-0.15, -0.1) is 0 Å². The highest BCUT2D eigenvalue weighted by Crippen LogP contribution is 2.22. The highest BCUT2D eigenvalue weighted by Gasteiger charge is 2.14. The van der Waals surface area contributed by atoms with E-state index in [9.17, 15) is 4.79 Å². The van der Waals surface area contributed by atoms with Crippen molar-refractivity contribution >= 4 is 5.97 Å². The Morgan fingerprint density at radius 1 is 0.800 bits per heavy atom. The molecule has 0 aromatic carbocycles. The second-order valence-electron chi connectivity index (χ2n) is 7.83. The molecule has 0 saturated heterocycles. The number of hydrogen-bond acceptors (Lipinski definition) is 3. The predicted molar refractivity (Wildman–Crippen MR) is 83.3 cm³/mol. The maximum atomic E-state index is 11.4. The summed E-state index contributed by atoms with van der Waals surface area (Å²) in [5.41, 5.74) is 0.0273. The van der Waals surface area contributed by atoms with E-state index in [-0.39, 0.29) is 5.97 Å². The van der Waals surface area contributed by atoms with Crippen LogP contribution in [0.2, 0.25) is 0 Å². The van der Waals surface area contributed by atoms with Crippen molar-refractivity contribution in [2.24, 2.45) is 5.41 Å². The molecule has 0 saturated carbocycles. The summed E-state index contributed by atoms with van der Waals surface area (Å²) in [6.07, 6.45) is 8.83. The van der Waals surface area contributed by atoms with Crippen LogP contribution in [-0.2, 0) is 14.6 Å². The summed E-state index contributed by atoms with van der Waals surface area (Å²) in [5.74, 6) is -0.257. The number of unbranched alkanes of at least 4 members (excludes halogenated alkanes) is 5. The molecule has 0 amide bonds. The normalized spacial score (nSPS) is 12.5. The lowest BCUT2D eigenvalue weighted by Crippen LogP contribution is -2.21. The van der Waals surface area contributed by atoms with Crippen LogP contribution in [0.1, 0.15) is 92.9 Å². The van der Waals surface area contributed by atoms with Crippen LogP contribution in [0.25, 0.3) is 0 Å². The van der Waals surface area contributed by atoms with Gasteiger partial charge in [0.15, 0.2) is 0 Å². The zero-order valence-corrected chi connectivity index (χ0v) is 14.4. The third-order valence-corrected chi connectivity index (χ3v) is 2.94. The van der Waals surface area contributed by atoms with E-state index in [0.29, 0.717) is 11.8 Å². The topological polar surface area (TPSA) is 35.5 Å². The number of hydrogen-bond donors (Lipinski definition) is 0. The van der Waals surface area contributed by atoms with Crippen LogP contribution in [0.4, 0.5) is 0 Å². The minimum absolute atomic E-state index is 0.257. The molecule has 120 valence electrons. The number of carbonyl (C=O) groups excluding carboxylic acids is 1. The van der Waals surface area contributed by atoms with Crippen molar-refractivity contribution in [2.75, 3.05) is 0 Å². The summed E-state index contributed by atoms with van der Waals surface area (Å²) in [7, 11) is 0. The summed E-state index contributed by atoms with van der Waals surface area (Å²) < 4.78 is 0. The van der Waals surface area contributed by atoms with E-state index in [1.165, 1.54) is 32.1 Å². The van der Waals surface area contributed by atoms with Crippen molar-refractivity contribution in [3.8, 4) is 0 Å². The van der Waals surface area contributed by atoms with Gasteiger partial charge in [0, 0.05) is 6.42 Å². The van der Waals surface area contributed by atoms with E-state index in [2.05, 4.69) is 20.8 Å². The SMILES string of the molecule is CC(C)(C)CCCCCCCCC(=O)OOC(C)(C)C. The van der Waals surface area contributed by atoms with Gasteiger partial charge in [0.1, 0.15) is 5.60 Å². The summed E-state index contributed by atoms with van der Waals surface area (Å²) >= 11 is 0. The maximum Gasteiger partial charge on any atom is 0.342 e. The quantitative estimate of drug-likeness (QED) is 0.322. The molecular weight excluding hydrogens is 252 g/mol. The van der Waals surface area contributed by atoms with E-state index >= 15 is 0 Å². The maximum absolute atomic E-state index is 11.4. The minimum Gasteiger partial charge on any atom is -0.298 e. The molecule has 0 aliphatic carbocycles. The summed E-state index contributed by atoms with van der Waals surface area (Å²) in [6.45, 7) is 12.4. The van der Waals surface area contributed by atoms with Gasteiger partial charge in [-0.2, -0.15) is 4.89 Å². The van der Waals surface area contributed by atoms with E-state index in [0.717, 1.165) is 12.8 Å². The second kappa shape index (κ2) is 9.38. The molecule has 3 nitrogen and oxygen atoms in total. The van der Waals surface area contributed by atoms with Crippen LogP contribution in [-0.4, -0.2) is 11.6 Å².